The normalized spacial score (nSPS) is 12.5. The minimum absolute atomic E-state index is 0.0163. The Morgan fingerprint density at radius 1 is 0.769 bits per heavy atom. The molecule has 1 heterocycles. The van der Waals surface area contributed by atoms with Crippen LogP contribution in [0.15, 0.2) is 152 Å². The zero-order chi connectivity index (χ0) is 27.3. The molecule has 0 aliphatic carbocycles. The van der Waals surface area contributed by atoms with Gasteiger partial charge >= 0.3 is 0 Å². The van der Waals surface area contributed by atoms with Crippen LogP contribution in [0.5, 0.6) is 0 Å². The zero-order valence-corrected chi connectivity index (χ0v) is 24.4. The van der Waals surface area contributed by atoms with Crippen molar-refractivity contribution in [3.05, 3.63) is 174 Å². The van der Waals surface area contributed by atoms with E-state index in [0.29, 0.717) is 5.92 Å². The van der Waals surface area contributed by atoms with E-state index in [2.05, 4.69) is 126 Å². The van der Waals surface area contributed by atoms with Gasteiger partial charge in [-0.3, -0.25) is 0 Å². The predicted molar refractivity (Wildman–Crippen MR) is 169 cm³/mol. The molecule has 1 unspecified atom stereocenters. The van der Waals surface area contributed by atoms with Crippen LogP contribution in [0.1, 0.15) is 48.3 Å². The second-order valence-electron chi connectivity index (χ2n) is 9.88. The highest BCUT2D eigenvalue weighted by atomic mass is 28.2. The number of hydrogen-bond donors (Lipinski definition) is 0. The summed E-state index contributed by atoms with van der Waals surface area (Å²) in [4.78, 5) is 4.36. The summed E-state index contributed by atoms with van der Waals surface area (Å²) in [5.74, 6) is 0.608. The number of aromatic nitrogens is 2. The lowest BCUT2D eigenvalue weighted by atomic mass is 9.76. The topological polar surface area (TPSA) is 17.8 Å². The summed E-state index contributed by atoms with van der Waals surface area (Å²) in [5.41, 5.74) is 7.44. The third-order valence-corrected chi connectivity index (χ3v) is 9.57. The minimum atomic E-state index is -0.657. The van der Waals surface area contributed by atoms with Crippen LogP contribution >= 0.6 is 0 Å². The molecule has 0 saturated carbocycles. The number of hydrogen-bond acceptors (Lipinski definition) is 1. The van der Waals surface area contributed by atoms with Gasteiger partial charge < -0.3 is 4.57 Å². The number of rotatable bonds is 9. The lowest BCUT2D eigenvalue weighted by Gasteiger charge is -2.36. The largest absolute Gasteiger partial charge is 0.326 e. The van der Waals surface area contributed by atoms with Gasteiger partial charge in [0.05, 0.1) is 28.9 Å². The van der Waals surface area contributed by atoms with Gasteiger partial charge in [-0.15, -0.1) is 5.70 Å². The van der Waals surface area contributed by atoms with Crippen molar-refractivity contribution in [1.82, 2.24) is 9.55 Å². The SMILES string of the molecule is CCC(C)C=C[SiH2]C(c1ccccc1)(c1ccccc1)n1ccnc1.[B]C(c1ccccc1)c1ccccc1. The Labute approximate surface area is 237 Å². The van der Waals surface area contributed by atoms with E-state index in [4.69, 9.17) is 7.85 Å². The van der Waals surface area contributed by atoms with Gasteiger partial charge in [0.1, 0.15) is 0 Å². The Morgan fingerprint density at radius 3 is 1.64 bits per heavy atom. The molecule has 5 rings (SSSR count). The number of nitrogens with zero attached hydrogens (tertiary/aromatic N) is 2. The molecule has 0 aliphatic rings. The van der Waals surface area contributed by atoms with E-state index >= 15 is 0 Å². The van der Waals surface area contributed by atoms with Crippen molar-refractivity contribution in [2.24, 2.45) is 5.92 Å². The summed E-state index contributed by atoms with van der Waals surface area (Å²) in [6, 6.07) is 42.0. The Kier molecular flexibility index (Phi) is 10.3. The van der Waals surface area contributed by atoms with Crippen molar-refractivity contribution in [1.29, 1.82) is 0 Å². The first-order valence-electron chi connectivity index (χ1n) is 13.8. The fourth-order valence-corrected chi connectivity index (χ4v) is 7.12. The Bertz CT molecular complexity index is 1290. The highest BCUT2D eigenvalue weighted by molar-refractivity contribution is 6.47. The van der Waals surface area contributed by atoms with Crippen LogP contribution in [0.25, 0.3) is 0 Å². The molecule has 0 bridgehead atoms. The van der Waals surface area contributed by atoms with Crippen LogP contribution in [0.4, 0.5) is 0 Å². The van der Waals surface area contributed by atoms with E-state index in [1.54, 1.807) is 0 Å². The maximum Gasteiger partial charge on any atom is 0.0954 e. The lowest BCUT2D eigenvalue weighted by molar-refractivity contribution is 0.595. The van der Waals surface area contributed by atoms with E-state index in [-0.39, 0.29) is 11.0 Å². The van der Waals surface area contributed by atoms with Crippen LogP contribution < -0.4 is 0 Å². The first-order chi connectivity index (χ1) is 19.1. The molecule has 0 spiro atoms. The van der Waals surface area contributed by atoms with Crippen LogP contribution in [0.3, 0.4) is 0 Å². The van der Waals surface area contributed by atoms with Crippen molar-refractivity contribution in [3.8, 4) is 0 Å². The zero-order valence-electron chi connectivity index (χ0n) is 23.0. The molecule has 194 valence electrons. The highest BCUT2D eigenvalue weighted by Gasteiger charge is 2.34. The predicted octanol–water partition coefficient (Wildman–Crippen LogP) is 7.31. The summed E-state index contributed by atoms with van der Waals surface area (Å²) < 4.78 is 2.30. The van der Waals surface area contributed by atoms with Gasteiger partial charge in [0.2, 0.25) is 0 Å². The molecule has 0 fully saturated rings. The van der Waals surface area contributed by atoms with Crippen molar-refractivity contribution in [2.75, 3.05) is 0 Å². The van der Waals surface area contributed by atoms with Crippen molar-refractivity contribution < 1.29 is 0 Å². The average Bonchev–Trinajstić information content (AvgIpc) is 3.56. The first kappa shape index (κ1) is 28.1. The second kappa shape index (κ2) is 14.3. The van der Waals surface area contributed by atoms with E-state index in [9.17, 15) is 0 Å². The first-order valence-corrected chi connectivity index (χ1v) is 15.3. The average molecular weight is 525 g/mol. The maximum atomic E-state index is 6.12. The monoisotopic (exact) mass is 524 g/mol. The number of allylic oxidation sites excluding steroid dienone is 1. The van der Waals surface area contributed by atoms with E-state index < -0.39 is 9.52 Å². The van der Waals surface area contributed by atoms with E-state index in [1.165, 1.54) is 17.5 Å². The molecule has 5 aromatic rings. The van der Waals surface area contributed by atoms with Crippen LogP contribution in [0.2, 0.25) is 0 Å². The molecule has 4 aromatic carbocycles. The van der Waals surface area contributed by atoms with Gasteiger partial charge in [-0.2, -0.15) is 0 Å². The van der Waals surface area contributed by atoms with E-state index in [0.717, 1.165) is 11.1 Å². The molecule has 1 atom stereocenters. The van der Waals surface area contributed by atoms with Gasteiger partial charge in [-0.05, 0) is 34.0 Å². The van der Waals surface area contributed by atoms with Crippen LogP contribution in [-0.4, -0.2) is 26.9 Å². The Morgan fingerprint density at radius 2 is 1.23 bits per heavy atom. The Balaban J connectivity index is 0.000000212. The molecule has 2 radical (unpaired) electrons. The molecule has 0 N–H and O–H groups in total. The molecule has 4 heteroatoms. The van der Waals surface area contributed by atoms with Gasteiger partial charge in [0.15, 0.2) is 0 Å². The Hall–Kier alpha value is -3.89. The summed E-state index contributed by atoms with van der Waals surface area (Å²) in [6.07, 6.45) is 9.52. The van der Waals surface area contributed by atoms with Gasteiger partial charge in [0, 0.05) is 12.4 Å². The number of imidazole rings is 1. The third-order valence-electron chi connectivity index (χ3n) is 7.29. The molecule has 2 nitrogen and oxygen atoms in total. The van der Waals surface area contributed by atoms with Crippen LogP contribution in [-0.2, 0) is 5.16 Å². The van der Waals surface area contributed by atoms with Crippen molar-refractivity contribution in [3.63, 3.8) is 0 Å². The van der Waals surface area contributed by atoms with E-state index in [1.807, 2.05) is 48.9 Å². The third kappa shape index (κ3) is 7.16. The fraction of sp³-hybridized carbons (Fsp3) is 0.171. The fourth-order valence-electron chi connectivity index (χ4n) is 4.84. The molecular weight excluding hydrogens is 487 g/mol. The summed E-state index contributed by atoms with van der Waals surface area (Å²) >= 11 is 0. The van der Waals surface area contributed by atoms with Gasteiger partial charge in [-0.1, -0.05) is 148 Å². The summed E-state index contributed by atoms with van der Waals surface area (Å²) in [7, 11) is 5.46. The molecule has 39 heavy (non-hydrogen) atoms. The lowest BCUT2D eigenvalue weighted by Crippen LogP contribution is -2.41. The maximum absolute atomic E-state index is 6.12. The second-order valence-corrected chi connectivity index (χ2v) is 11.8. The smallest absolute Gasteiger partial charge is 0.0954 e. The molecule has 0 aliphatic heterocycles. The quantitative estimate of drug-likeness (QED) is 0.185. The number of benzene rings is 4. The van der Waals surface area contributed by atoms with Gasteiger partial charge in [0.25, 0.3) is 0 Å². The van der Waals surface area contributed by atoms with Crippen LogP contribution in [0, 0.1) is 5.92 Å². The molecule has 1 aromatic heterocycles. The minimum Gasteiger partial charge on any atom is -0.326 e. The molecular formula is C35H37BN2Si. The summed E-state index contributed by atoms with van der Waals surface area (Å²) in [5, 5.41) is -0.150. The standard InChI is InChI=1S/C22H26N2Si.C13H11B/c1-3-19(2)14-17-25-22(24-16-15-23-18-24,20-10-6-4-7-11-20)21-12-8-5-9-13-21;14-13(11-7-3-1-4-8-11)12-9-5-2-6-10-12/h4-19H,3,25H2,1-2H3;1-10,13H. The van der Waals surface area contributed by atoms with Gasteiger partial charge in [-0.25, -0.2) is 4.98 Å². The van der Waals surface area contributed by atoms with Crippen molar-refractivity contribution in [2.45, 2.75) is 31.2 Å². The highest BCUT2D eigenvalue weighted by Crippen LogP contribution is 2.33. The molecule has 0 saturated heterocycles. The van der Waals surface area contributed by atoms with Crippen molar-refractivity contribution >= 4 is 17.4 Å². The summed E-state index contributed by atoms with van der Waals surface area (Å²) in [6.45, 7) is 4.53. The molecule has 0 amide bonds.